The Labute approximate surface area is 122 Å². The van der Waals surface area contributed by atoms with E-state index in [1.54, 1.807) is 6.08 Å². The summed E-state index contributed by atoms with van der Waals surface area (Å²) in [5.41, 5.74) is 1.13. The van der Waals surface area contributed by atoms with Crippen molar-refractivity contribution in [3.63, 3.8) is 0 Å². The summed E-state index contributed by atoms with van der Waals surface area (Å²) < 4.78 is 5.02. The van der Waals surface area contributed by atoms with Crippen LogP contribution in [-0.2, 0) is 6.42 Å². The standard InChI is InChI=1S/C17H16O4/c1-21-16-11-13(18)10-15(20)17(16)14(19)9-5-8-12-6-3-2-4-7-12/h2-7,9-11,18,20H,8H2,1H3/b9-5+. The third-order valence-electron chi connectivity index (χ3n) is 3.00. The summed E-state index contributed by atoms with van der Waals surface area (Å²) in [7, 11) is 1.37. The summed E-state index contributed by atoms with van der Waals surface area (Å²) in [5, 5.41) is 19.2. The van der Waals surface area contributed by atoms with Gasteiger partial charge in [-0.1, -0.05) is 36.4 Å². The molecule has 0 aliphatic rings. The van der Waals surface area contributed by atoms with E-state index < -0.39 is 0 Å². The summed E-state index contributed by atoms with van der Waals surface area (Å²) in [6, 6.07) is 12.1. The number of phenols is 2. The molecule has 108 valence electrons. The zero-order chi connectivity index (χ0) is 15.2. The lowest BCUT2D eigenvalue weighted by Crippen LogP contribution is -2.00. The summed E-state index contributed by atoms with van der Waals surface area (Å²) in [4.78, 5) is 12.1. The van der Waals surface area contributed by atoms with Crippen LogP contribution in [0.25, 0.3) is 0 Å². The lowest BCUT2D eigenvalue weighted by Gasteiger charge is -2.08. The molecule has 0 unspecified atom stereocenters. The predicted octanol–water partition coefficient (Wildman–Crippen LogP) is 3.09. The highest BCUT2D eigenvalue weighted by molar-refractivity contribution is 6.08. The van der Waals surface area contributed by atoms with Gasteiger partial charge >= 0.3 is 0 Å². The quantitative estimate of drug-likeness (QED) is 0.654. The Hall–Kier alpha value is -2.75. The molecule has 2 aromatic carbocycles. The van der Waals surface area contributed by atoms with Gasteiger partial charge in [0, 0.05) is 12.1 Å². The van der Waals surface area contributed by atoms with Gasteiger partial charge in [0.25, 0.3) is 0 Å². The fraction of sp³-hybridized carbons (Fsp3) is 0.118. The molecule has 0 spiro atoms. The van der Waals surface area contributed by atoms with Gasteiger partial charge in [-0.15, -0.1) is 0 Å². The van der Waals surface area contributed by atoms with Crippen molar-refractivity contribution in [1.29, 1.82) is 0 Å². The number of allylic oxidation sites excluding steroid dienone is 2. The van der Waals surface area contributed by atoms with Crippen molar-refractivity contribution < 1.29 is 19.7 Å². The minimum absolute atomic E-state index is 0.0413. The number of hydrogen-bond acceptors (Lipinski definition) is 4. The molecule has 0 aromatic heterocycles. The Balaban J connectivity index is 2.17. The molecule has 0 atom stereocenters. The molecule has 0 bridgehead atoms. The first-order valence-electron chi connectivity index (χ1n) is 6.46. The highest BCUT2D eigenvalue weighted by Gasteiger charge is 2.16. The Kier molecular flexibility index (Phi) is 4.61. The smallest absolute Gasteiger partial charge is 0.193 e. The number of carbonyl (C=O) groups is 1. The SMILES string of the molecule is COc1cc(O)cc(O)c1C(=O)/C=C/Cc1ccccc1. The zero-order valence-corrected chi connectivity index (χ0v) is 11.6. The molecule has 2 N–H and O–H groups in total. The molecule has 0 heterocycles. The molecule has 0 saturated heterocycles. The largest absolute Gasteiger partial charge is 0.508 e. The molecular formula is C17H16O4. The number of hydrogen-bond donors (Lipinski definition) is 2. The van der Waals surface area contributed by atoms with Crippen LogP contribution in [0, 0.1) is 0 Å². The molecule has 0 saturated carbocycles. The summed E-state index contributed by atoms with van der Waals surface area (Å²) >= 11 is 0. The first kappa shape index (κ1) is 14.7. The number of methoxy groups -OCH3 is 1. The van der Waals surface area contributed by atoms with Gasteiger partial charge in [-0.2, -0.15) is 0 Å². The number of ketones is 1. The molecule has 0 radical (unpaired) electrons. The van der Waals surface area contributed by atoms with Crippen molar-refractivity contribution in [2.45, 2.75) is 6.42 Å². The van der Waals surface area contributed by atoms with Crippen LogP contribution >= 0.6 is 0 Å². The van der Waals surface area contributed by atoms with Gasteiger partial charge < -0.3 is 14.9 Å². The minimum Gasteiger partial charge on any atom is -0.508 e. The van der Waals surface area contributed by atoms with E-state index in [9.17, 15) is 15.0 Å². The Morgan fingerprint density at radius 3 is 2.57 bits per heavy atom. The molecule has 4 heteroatoms. The van der Waals surface area contributed by atoms with E-state index in [2.05, 4.69) is 0 Å². The first-order valence-corrected chi connectivity index (χ1v) is 6.46. The number of aromatic hydroxyl groups is 2. The van der Waals surface area contributed by atoms with Crippen molar-refractivity contribution in [2.75, 3.05) is 7.11 Å². The normalized spacial score (nSPS) is 10.7. The van der Waals surface area contributed by atoms with Gasteiger partial charge in [0.2, 0.25) is 0 Å². The predicted molar refractivity (Wildman–Crippen MR) is 79.9 cm³/mol. The molecule has 21 heavy (non-hydrogen) atoms. The van der Waals surface area contributed by atoms with Gasteiger partial charge in [0.1, 0.15) is 22.8 Å². The molecular weight excluding hydrogens is 268 g/mol. The van der Waals surface area contributed by atoms with Crippen molar-refractivity contribution in [2.24, 2.45) is 0 Å². The van der Waals surface area contributed by atoms with E-state index >= 15 is 0 Å². The Bertz CT molecular complexity index is 660. The maximum atomic E-state index is 12.1. The zero-order valence-electron chi connectivity index (χ0n) is 11.6. The van der Waals surface area contributed by atoms with E-state index in [-0.39, 0.29) is 28.6 Å². The second-order valence-electron chi connectivity index (χ2n) is 4.50. The molecule has 4 nitrogen and oxygen atoms in total. The molecule has 0 amide bonds. The first-order chi connectivity index (χ1) is 10.1. The van der Waals surface area contributed by atoms with Crippen LogP contribution in [0.15, 0.2) is 54.6 Å². The fourth-order valence-electron chi connectivity index (χ4n) is 1.99. The number of benzene rings is 2. The molecule has 0 aliphatic carbocycles. The maximum absolute atomic E-state index is 12.1. The van der Waals surface area contributed by atoms with Crippen LogP contribution in [-0.4, -0.2) is 23.1 Å². The van der Waals surface area contributed by atoms with Gasteiger partial charge in [0.05, 0.1) is 7.11 Å². The molecule has 2 aromatic rings. The third-order valence-corrected chi connectivity index (χ3v) is 3.00. The lowest BCUT2D eigenvalue weighted by molar-refractivity contribution is 0.104. The summed E-state index contributed by atoms with van der Waals surface area (Å²) in [6.07, 6.45) is 3.73. The van der Waals surface area contributed by atoms with Crippen LogP contribution < -0.4 is 4.74 Å². The minimum atomic E-state index is -0.375. The molecule has 0 aliphatic heterocycles. The van der Waals surface area contributed by atoms with Crippen LogP contribution in [0.1, 0.15) is 15.9 Å². The van der Waals surface area contributed by atoms with Crippen molar-refractivity contribution in [1.82, 2.24) is 0 Å². The average Bonchev–Trinajstić information content (AvgIpc) is 2.47. The van der Waals surface area contributed by atoms with Crippen LogP contribution in [0.3, 0.4) is 0 Å². The number of carbonyl (C=O) groups excluding carboxylic acids is 1. The van der Waals surface area contributed by atoms with E-state index in [0.717, 1.165) is 11.6 Å². The van der Waals surface area contributed by atoms with Crippen LogP contribution in [0.4, 0.5) is 0 Å². The summed E-state index contributed by atoms with van der Waals surface area (Å²) in [6.45, 7) is 0. The van der Waals surface area contributed by atoms with Gasteiger partial charge in [-0.25, -0.2) is 0 Å². The number of ether oxygens (including phenoxy) is 1. The highest BCUT2D eigenvalue weighted by atomic mass is 16.5. The van der Waals surface area contributed by atoms with Crippen molar-refractivity contribution in [3.05, 3.63) is 65.7 Å². The van der Waals surface area contributed by atoms with E-state index in [0.29, 0.717) is 6.42 Å². The second-order valence-corrected chi connectivity index (χ2v) is 4.50. The Morgan fingerprint density at radius 1 is 1.19 bits per heavy atom. The van der Waals surface area contributed by atoms with E-state index in [4.69, 9.17) is 4.74 Å². The monoisotopic (exact) mass is 284 g/mol. The topological polar surface area (TPSA) is 66.8 Å². The average molecular weight is 284 g/mol. The van der Waals surface area contributed by atoms with Crippen molar-refractivity contribution >= 4 is 5.78 Å². The molecule has 2 rings (SSSR count). The van der Waals surface area contributed by atoms with Crippen LogP contribution in [0.5, 0.6) is 17.2 Å². The highest BCUT2D eigenvalue weighted by Crippen LogP contribution is 2.33. The Morgan fingerprint density at radius 2 is 1.90 bits per heavy atom. The summed E-state index contributed by atoms with van der Waals surface area (Å²) in [5.74, 6) is -0.697. The van der Waals surface area contributed by atoms with Gasteiger partial charge in [-0.3, -0.25) is 4.79 Å². The van der Waals surface area contributed by atoms with E-state index in [1.807, 2.05) is 30.3 Å². The van der Waals surface area contributed by atoms with Crippen molar-refractivity contribution in [3.8, 4) is 17.2 Å². The van der Waals surface area contributed by atoms with Gasteiger partial charge in [0.15, 0.2) is 5.78 Å². The number of rotatable bonds is 5. The van der Waals surface area contributed by atoms with Gasteiger partial charge in [-0.05, 0) is 18.1 Å². The third kappa shape index (κ3) is 3.63. The van der Waals surface area contributed by atoms with E-state index in [1.165, 1.54) is 19.3 Å². The maximum Gasteiger partial charge on any atom is 0.193 e. The lowest BCUT2D eigenvalue weighted by atomic mass is 10.1. The van der Waals surface area contributed by atoms with Crippen LogP contribution in [0.2, 0.25) is 0 Å². The number of phenolic OH excluding ortho intramolecular Hbond substituents is 2. The molecule has 0 fully saturated rings. The second kappa shape index (κ2) is 6.61. The fourth-order valence-corrected chi connectivity index (χ4v) is 1.99.